The molecule has 1 aliphatic heterocycles. The second-order valence-corrected chi connectivity index (χ2v) is 4.99. The largest absolute Gasteiger partial charge is 0.490 e. The molecule has 1 rings (SSSR count). The minimum atomic E-state index is -0.215. The van der Waals surface area contributed by atoms with E-state index in [4.69, 9.17) is 4.74 Å². The van der Waals surface area contributed by atoms with E-state index in [-0.39, 0.29) is 17.3 Å². The summed E-state index contributed by atoms with van der Waals surface area (Å²) in [6.45, 7) is 11.7. The van der Waals surface area contributed by atoms with Crippen molar-refractivity contribution in [3.8, 4) is 0 Å². The van der Waals surface area contributed by atoms with Gasteiger partial charge in [0.05, 0.1) is 0 Å². The highest BCUT2D eigenvalue weighted by Gasteiger charge is 2.42. The van der Waals surface area contributed by atoms with Crippen LogP contribution in [0.3, 0.4) is 0 Å². The number of hydrogen-bond acceptors (Lipinski definition) is 2. The standard InChI is InChI=1S/C13H20O2/c1-8(2)7-11-13(5,6)12(9(3)14)10(4)15-11/h7,11H,1-6H3. The lowest BCUT2D eigenvalue weighted by molar-refractivity contribution is -0.114. The predicted octanol–water partition coefficient (Wildman–Crippen LogP) is 3.24. The minimum Gasteiger partial charge on any atom is -0.490 e. The summed E-state index contributed by atoms with van der Waals surface area (Å²) in [7, 11) is 0. The second-order valence-electron chi connectivity index (χ2n) is 4.99. The Morgan fingerprint density at radius 1 is 1.33 bits per heavy atom. The molecule has 0 aromatic heterocycles. The third-order valence-electron chi connectivity index (χ3n) is 2.85. The van der Waals surface area contributed by atoms with Gasteiger partial charge in [0, 0.05) is 11.0 Å². The fourth-order valence-corrected chi connectivity index (χ4v) is 2.24. The Balaban J connectivity index is 3.09. The van der Waals surface area contributed by atoms with E-state index in [9.17, 15) is 4.79 Å². The summed E-state index contributed by atoms with van der Waals surface area (Å²) in [5, 5.41) is 0. The van der Waals surface area contributed by atoms with Gasteiger partial charge in [0.25, 0.3) is 0 Å². The molecule has 0 radical (unpaired) electrons. The lowest BCUT2D eigenvalue weighted by atomic mass is 9.78. The summed E-state index contributed by atoms with van der Waals surface area (Å²) in [6, 6.07) is 0. The number of allylic oxidation sites excluding steroid dienone is 2. The maximum absolute atomic E-state index is 11.5. The van der Waals surface area contributed by atoms with Crippen LogP contribution in [0.5, 0.6) is 0 Å². The van der Waals surface area contributed by atoms with Crippen molar-refractivity contribution in [1.29, 1.82) is 0 Å². The van der Waals surface area contributed by atoms with Crippen LogP contribution in [0.25, 0.3) is 0 Å². The van der Waals surface area contributed by atoms with E-state index < -0.39 is 0 Å². The van der Waals surface area contributed by atoms with Crippen LogP contribution in [-0.2, 0) is 9.53 Å². The lowest BCUT2D eigenvalue weighted by Gasteiger charge is -2.25. The van der Waals surface area contributed by atoms with Crippen LogP contribution in [0.15, 0.2) is 23.0 Å². The molecule has 0 fully saturated rings. The van der Waals surface area contributed by atoms with Gasteiger partial charge < -0.3 is 4.74 Å². The lowest BCUT2D eigenvalue weighted by Crippen LogP contribution is -2.28. The molecule has 1 aliphatic rings. The van der Waals surface area contributed by atoms with Crippen LogP contribution >= 0.6 is 0 Å². The van der Waals surface area contributed by atoms with E-state index in [1.54, 1.807) is 6.92 Å². The average molecular weight is 208 g/mol. The molecule has 0 amide bonds. The molecule has 1 heterocycles. The molecular weight excluding hydrogens is 188 g/mol. The molecule has 84 valence electrons. The van der Waals surface area contributed by atoms with Crippen molar-refractivity contribution in [3.05, 3.63) is 23.0 Å². The van der Waals surface area contributed by atoms with Crippen molar-refractivity contribution >= 4 is 5.78 Å². The number of ether oxygens (including phenoxy) is 1. The Bertz CT molecular complexity index is 342. The fourth-order valence-electron chi connectivity index (χ4n) is 2.24. The smallest absolute Gasteiger partial charge is 0.159 e. The monoisotopic (exact) mass is 208 g/mol. The molecule has 0 N–H and O–H groups in total. The molecule has 15 heavy (non-hydrogen) atoms. The number of ketones is 1. The Labute approximate surface area is 92.0 Å². The molecule has 1 atom stereocenters. The van der Waals surface area contributed by atoms with E-state index in [2.05, 4.69) is 19.9 Å². The number of hydrogen-bond donors (Lipinski definition) is 0. The third-order valence-corrected chi connectivity index (χ3v) is 2.85. The third kappa shape index (κ3) is 2.14. The van der Waals surface area contributed by atoms with E-state index >= 15 is 0 Å². The van der Waals surface area contributed by atoms with Crippen molar-refractivity contribution in [2.24, 2.45) is 5.41 Å². The SMILES string of the molecule is CC(=O)C1=C(C)OC(C=C(C)C)C1(C)C. The van der Waals surface area contributed by atoms with E-state index in [0.717, 1.165) is 11.3 Å². The highest BCUT2D eigenvalue weighted by atomic mass is 16.5. The molecular formula is C13H20O2. The van der Waals surface area contributed by atoms with E-state index in [0.29, 0.717) is 0 Å². The minimum absolute atomic E-state index is 0.0126. The molecule has 2 nitrogen and oxygen atoms in total. The van der Waals surface area contributed by atoms with Gasteiger partial charge in [0.2, 0.25) is 0 Å². The second kappa shape index (κ2) is 3.84. The molecule has 0 aromatic rings. The predicted molar refractivity (Wildman–Crippen MR) is 61.5 cm³/mol. The van der Waals surface area contributed by atoms with Gasteiger partial charge in [-0.25, -0.2) is 0 Å². The first-order valence-corrected chi connectivity index (χ1v) is 5.30. The Kier molecular flexibility index (Phi) is 3.08. The van der Waals surface area contributed by atoms with Gasteiger partial charge in [-0.05, 0) is 33.8 Å². The molecule has 0 saturated heterocycles. The molecule has 0 saturated carbocycles. The molecule has 0 aromatic carbocycles. The molecule has 0 bridgehead atoms. The zero-order chi connectivity index (χ0) is 11.8. The Morgan fingerprint density at radius 2 is 1.87 bits per heavy atom. The van der Waals surface area contributed by atoms with Crippen LogP contribution in [0, 0.1) is 5.41 Å². The van der Waals surface area contributed by atoms with Gasteiger partial charge in [-0.3, -0.25) is 4.79 Å². The van der Waals surface area contributed by atoms with Crippen molar-refractivity contribution in [2.45, 2.75) is 47.6 Å². The van der Waals surface area contributed by atoms with Crippen LogP contribution < -0.4 is 0 Å². The van der Waals surface area contributed by atoms with Crippen molar-refractivity contribution in [3.63, 3.8) is 0 Å². The summed E-state index contributed by atoms with van der Waals surface area (Å²) in [5.41, 5.74) is 1.82. The number of carbonyl (C=O) groups is 1. The fraction of sp³-hybridized carbons (Fsp3) is 0.615. The van der Waals surface area contributed by atoms with Gasteiger partial charge in [0.1, 0.15) is 11.9 Å². The van der Waals surface area contributed by atoms with Gasteiger partial charge in [-0.15, -0.1) is 0 Å². The van der Waals surface area contributed by atoms with Gasteiger partial charge >= 0.3 is 0 Å². The maximum atomic E-state index is 11.5. The quantitative estimate of drug-likeness (QED) is 0.651. The summed E-state index contributed by atoms with van der Waals surface area (Å²) < 4.78 is 5.74. The van der Waals surface area contributed by atoms with Crippen LogP contribution in [0.2, 0.25) is 0 Å². The molecule has 0 aliphatic carbocycles. The maximum Gasteiger partial charge on any atom is 0.159 e. The van der Waals surface area contributed by atoms with E-state index in [1.165, 1.54) is 5.57 Å². The van der Waals surface area contributed by atoms with Gasteiger partial charge in [0.15, 0.2) is 5.78 Å². The zero-order valence-electron chi connectivity index (χ0n) is 10.5. The molecule has 2 heteroatoms. The number of Topliss-reactive ketones (excluding diaryl/α,β-unsaturated/α-hetero) is 1. The average Bonchev–Trinajstić information content (AvgIpc) is 2.19. The highest BCUT2D eigenvalue weighted by molar-refractivity contribution is 5.95. The topological polar surface area (TPSA) is 26.3 Å². The summed E-state index contributed by atoms with van der Waals surface area (Å²) in [4.78, 5) is 11.5. The van der Waals surface area contributed by atoms with Crippen LogP contribution in [-0.4, -0.2) is 11.9 Å². The summed E-state index contributed by atoms with van der Waals surface area (Å²) in [5.74, 6) is 0.886. The summed E-state index contributed by atoms with van der Waals surface area (Å²) in [6.07, 6.45) is 2.07. The van der Waals surface area contributed by atoms with Crippen molar-refractivity contribution < 1.29 is 9.53 Å². The highest BCUT2D eigenvalue weighted by Crippen LogP contribution is 2.43. The zero-order valence-corrected chi connectivity index (χ0v) is 10.5. The van der Waals surface area contributed by atoms with E-state index in [1.807, 2.05) is 20.8 Å². The molecule has 0 spiro atoms. The first-order valence-electron chi connectivity index (χ1n) is 5.30. The van der Waals surface area contributed by atoms with Gasteiger partial charge in [-0.2, -0.15) is 0 Å². The summed E-state index contributed by atoms with van der Waals surface area (Å²) >= 11 is 0. The Hall–Kier alpha value is -1.05. The van der Waals surface area contributed by atoms with Crippen molar-refractivity contribution in [2.75, 3.05) is 0 Å². The Morgan fingerprint density at radius 3 is 2.20 bits per heavy atom. The molecule has 1 unspecified atom stereocenters. The van der Waals surface area contributed by atoms with Gasteiger partial charge in [-0.1, -0.05) is 19.4 Å². The van der Waals surface area contributed by atoms with Crippen LogP contribution in [0.1, 0.15) is 41.5 Å². The first-order chi connectivity index (χ1) is 6.76. The number of rotatable bonds is 2. The number of carbonyl (C=O) groups excluding carboxylic acids is 1. The van der Waals surface area contributed by atoms with Crippen LogP contribution in [0.4, 0.5) is 0 Å². The normalized spacial score (nSPS) is 23.7. The van der Waals surface area contributed by atoms with Crippen molar-refractivity contribution in [1.82, 2.24) is 0 Å². The first kappa shape index (κ1) is 12.0.